The quantitative estimate of drug-likeness (QED) is 0.726. The lowest BCUT2D eigenvalue weighted by atomic mass is 10.1. The van der Waals surface area contributed by atoms with Crippen molar-refractivity contribution in [3.8, 4) is 6.07 Å². The molecular weight excluding hydrogens is 188 g/mol. The van der Waals surface area contributed by atoms with Gasteiger partial charge in [-0.2, -0.15) is 5.26 Å². The average Bonchev–Trinajstić information content (AvgIpc) is 2.33. The molecule has 1 aromatic carbocycles. The molecule has 1 radical (unpaired) electrons. The smallest absolute Gasteiger partial charge is 0.171 e. The van der Waals surface area contributed by atoms with Crippen molar-refractivity contribution in [2.24, 2.45) is 0 Å². The normalized spacial score (nSPS) is 17.6. The second-order valence-corrected chi connectivity index (χ2v) is 3.43. The fraction of sp³-hybridized carbons (Fsp3) is 0.333. The zero-order chi connectivity index (χ0) is 10.5. The van der Waals surface area contributed by atoms with Crippen molar-refractivity contribution in [2.45, 2.75) is 0 Å². The fourth-order valence-corrected chi connectivity index (χ4v) is 1.70. The Hall–Kier alpha value is -1.37. The van der Waals surface area contributed by atoms with Gasteiger partial charge < -0.3 is 4.74 Å². The number of rotatable bonds is 2. The third kappa shape index (κ3) is 2.35. The van der Waals surface area contributed by atoms with Gasteiger partial charge in [-0.15, -0.1) is 0 Å². The molecule has 1 aliphatic heterocycles. The van der Waals surface area contributed by atoms with Crippen molar-refractivity contribution in [1.29, 1.82) is 5.26 Å². The van der Waals surface area contributed by atoms with Gasteiger partial charge in [0.25, 0.3) is 0 Å². The Morgan fingerprint density at radius 1 is 1.20 bits per heavy atom. The summed E-state index contributed by atoms with van der Waals surface area (Å²) in [4.78, 5) is 2.08. The van der Waals surface area contributed by atoms with Gasteiger partial charge in [0.2, 0.25) is 0 Å². The van der Waals surface area contributed by atoms with Gasteiger partial charge in [0.1, 0.15) is 0 Å². The Labute approximate surface area is 89.9 Å². The second kappa shape index (κ2) is 4.92. The molecule has 0 atom stereocenters. The van der Waals surface area contributed by atoms with E-state index in [2.05, 4.69) is 11.0 Å². The van der Waals surface area contributed by atoms with Crippen LogP contribution in [0, 0.1) is 17.4 Å². The van der Waals surface area contributed by atoms with E-state index in [4.69, 9.17) is 10.00 Å². The van der Waals surface area contributed by atoms with E-state index < -0.39 is 0 Å². The van der Waals surface area contributed by atoms with E-state index in [0.717, 1.165) is 24.7 Å². The average molecular weight is 201 g/mol. The summed E-state index contributed by atoms with van der Waals surface area (Å²) in [7, 11) is 0. The molecule has 0 saturated carbocycles. The van der Waals surface area contributed by atoms with Crippen LogP contribution < -0.4 is 0 Å². The SMILES string of the molecule is N#C[C](c1ccccc1)N1CCOCC1. The number of nitriles is 1. The van der Waals surface area contributed by atoms with E-state index in [0.29, 0.717) is 13.2 Å². The minimum Gasteiger partial charge on any atom is -0.379 e. The van der Waals surface area contributed by atoms with Gasteiger partial charge in [0.15, 0.2) is 6.04 Å². The highest BCUT2D eigenvalue weighted by atomic mass is 16.5. The van der Waals surface area contributed by atoms with Crippen molar-refractivity contribution in [2.75, 3.05) is 26.3 Å². The highest BCUT2D eigenvalue weighted by Gasteiger charge is 2.22. The van der Waals surface area contributed by atoms with Gasteiger partial charge in [0.05, 0.1) is 19.3 Å². The van der Waals surface area contributed by atoms with Gasteiger partial charge in [-0.1, -0.05) is 30.3 Å². The van der Waals surface area contributed by atoms with Crippen LogP contribution in [0.5, 0.6) is 0 Å². The number of nitrogens with zero attached hydrogens (tertiary/aromatic N) is 2. The monoisotopic (exact) mass is 201 g/mol. The summed E-state index contributed by atoms with van der Waals surface area (Å²) in [5.74, 6) is 0. The Kier molecular flexibility index (Phi) is 3.33. The maximum atomic E-state index is 9.16. The molecule has 0 bridgehead atoms. The lowest BCUT2D eigenvalue weighted by Gasteiger charge is -2.29. The minimum absolute atomic E-state index is 0.706. The standard InChI is InChI=1S/C12H13N2O/c13-10-12(11-4-2-1-3-5-11)14-6-8-15-9-7-14/h1-5H,6-9H2. The second-order valence-electron chi connectivity index (χ2n) is 3.43. The summed E-state index contributed by atoms with van der Waals surface area (Å²) in [5.41, 5.74) is 0.988. The van der Waals surface area contributed by atoms with E-state index >= 15 is 0 Å². The van der Waals surface area contributed by atoms with Gasteiger partial charge in [-0.05, 0) is 5.56 Å². The lowest BCUT2D eigenvalue weighted by Crippen LogP contribution is -2.39. The van der Waals surface area contributed by atoms with Crippen molar-refractivity contribution >= 4 is 0 Å². The molecule has 3 nitrogen and oxygen atoms in total. The largest absolute Gasteiger partial charge is 0.379 e. The summed E-state index contributed by atoms with van der Waals surface area (Å²) in [5, 5.41) is 9.16. The maximum absolute atomic E-state index is 9.16. The third-order valence-corrected chi connectivity index (χ3v) is 2.48. The molecule has 1 fully saturated rings. The third-order valence-electron chi connectivity index (χ3n) is 2.48. The molecule has 0 unspecified atom stereocenters. The number of hydrogen-bond acceptors (Lipinski definition) is 3. The van der Waals surface area contributed by atoms with Crippen LogP contribution >= 0.6 is 0 Å². The predicted octanol–water partition coefficient (Wildman–Crippen LogP) is 1.42. The van der Waals surface area contributed by atoms with Crippen molar-refractivity contribution < 1.29 is 4.74 Å². The van der Waals surface area contributed by atoms with E-state index in [1.807, 2.05) is 30.3 Å². The van der Waals surface area contributed by atoms with Crippen molar-refractivity contribution in [1.82, 2.24) is 4.90 Å². The van der Waals surface area contributed by atoms with Crippen LogP contribution in [0.3, 0.4) is 0 Å². The molecule has 15 heavy (non-hydrogen) atoms. The highest BCUT2D eigenvalue weighted by Crippen LogP contribution is 2.19. The van der Waals surface area contributed by atoms with Crippen LogP contribution in [0.25, 0.3) is 0 Å². The molecule has 77 valence electrons. The molecule has 1 aromatic rings. The highest BCUT2D eigenvalue weighted by molar-refractivity contribution is 5.37. The zero-order valence-corrected chi connectivity index (χ0v) is 8.52. The summed E-state index contributed by atoms with van der Waals surface area (Å²) in [6.45, 7) is 3.02. The first kappa shape index (κ1) is 10.2. The van der Waals surface area contributed by atoms with E-state index in [9.17, 15) is 0 Å². The molecule has 0 N–H and O–H groups in total. The lowest BCUT2D eigenvalue weighted by molar-refractivity contribution is 0.0479. The number of hydrogen-bond donors (Lipinski definition) is 0. The first-order valence-electron chi connectivity index (χ1n) is 5.07. The minimum atomic E-state index is 0.706. The van der Waals surface area contributed by atoms with E-state index in [1.165, 1.54) is 0 Å². The Morgan fingerprint density at radius 2 is 1.87 bits per heavy atom. The number of morpholine rings is 1. The van der Waals surface area contributed by atoms with Crippen LogP contribution in [0.4, 0.5) is 0 Å². The van der Waals surface area contributed by atoms with Crippen LogP contribution in [0.15, 0.2) is 30.3 Å². The van der Waals surface area contributed by atoms with Crippen LogP contribution in [0.1, 0.15) is 5.56 Å². The topological polar surface area (TPSA) is 36.3 Å². The number of ether oxygens (including phenoxy) is 1. The van der Waals surface area contributed by atoms with Crippen LogP contribution in [-0.2, 0) is 4.74 Å². The first-order chi connectivity index (χ1) is 7.42. The van der Waals surface area contributed by atoms with Gasteiger partial charge in [-0.25, -0.2) is 0 Å². The van der Waals surface area contributed by atoms with Crippen LogP contribution in [-0.4, -0.2) is 31.2 Å². The first-order valence-corrected chi connectivity index (χ1v) is 5.07. The van der Waals surface area contributed by atoms with Gasteiger partial charge in [-0.3, -0.25) is 4.90 Å². The van der Waals surface area contributed by atoms with Gasteiger partial charge in [0, 0.05) is 13.1 Å². The maximum Gasteiger partial charge on any atom is 0.171 e. The molecule has 0 aliphatic carbocycles. The summed E-state index contributed by atoms with van der Waals surface area (Å²) in [6.07, 6.45) is 0. The fourth-order valence-electron chi connectivity index (χ4n) is 1.70. The Morgan fingerprint density at radius 3 is 2.47 bits per heavy atom. The Balaban J connectivity index is 2.14. The summed E-state index contributed by atoms with van der Waals surface area (Å²) < 4.78 is 5.27. The summed E-state index contributed by atoms with van der Waals surface area (Å²) in [6, 6.07) is 12.8. The van der Waals surface area contributed by atoms with E-state index in [-0.39, 0.29) is 0 Å². The zero-order valence-electron chi connectivity index (χ0n) is 8.52. The van der Waals surface area contributed by atoms with Crippen LogP contribution in [0.2, 0.25) is 0 Å². The molecule has 0 spiro atoms. The molecule has 0 amide bonds. The Bertz CT molecular complexity index is 338. The molecule has 3 heteroatoms. The summed E-state index contributed by atoms with van der Waals surface area (Å²) >= 11 is 0. The molecular formula is C12H13N2O. The van der Waals surface area contributed by atoms with E-state index in [1.54, 1.807) is 0 Å². The molecule has 1 heterocycles. The van der Waals surface area contributed by atoms with Gasteiger partial charge >= 0.3 is 0 Å². The molecule has 2 rings (SSSR count). The molecule has 1 saturated heterocycles. The molecule has 0 aromatic heterocycles. The predicted molar refractivity (Wildman–Crippen MR) is 56.8 cm³/mol. The van der Waals surface area contributed by atoms with Crippen molar-refractivity contribution in [3.63, 3.8) is 0 Å². The molecule has 1 aliphatic rings. The number of benzene rings is 1. The van der Waals surface area contributed by atoms with Crippen molar-refractivity contribution in [3.05, 3.63) is 41.9 Å².